The summed E-state index contributed by atoms with van der Waals surface area (Å²) >= 11 is 0. The summed E-state index contributed by atoms with van der Waals surface area (Å²) in [5.41, 5.74) is 5.98. The van der Waals surface area contributed by atoms with Crippen molar-refractivity contribution in [3.05, 3.63) is 11.7 Å². The summed E-state index contributed by atoms with van der Waals surface area (Å²) in [5.74, 6) is 3.90. The van der Waals surface area contributed by atoms with Crippen LogP contribution in [0.2, 0.25) is 0 Å². The first-order valence-corrected chi connectivity index (χ1v) is 6.98. The molecule has 0 aromatic carbocycles. The van der Waals surface area contributed by atoms with Crippen molar-refractivity contribution in [1.29, 1.82) is 0 Å². The highest BCUT2D eigenvalue weighted by Crippen LogP contribution is 2.52. The van der Waals surface area contributed by atoms with Gasteiger partial charge >= 0.3 is 0 Å². The van der Waals surface area contributed by atoms with Crippen LogP contribution in [0.4, 0.5) is 0 Å². The molecule has 4 rings (SSSR count). The van der Waals surface area contributed by atoms with Crippen molar-refractivity contribution in [3.63, 3.8) is 0 Å². The van der Waals surface area contributed by atoms with Gasteiger partial charge in [-0.25, -0.2) is 0 Å². The van der Waals surface area contributed by atoms with Gasteiger partial charge in [-0.05, 0) is 31.1 Å². The van der Waals surface area contributed by atoms with Crippen LogP contribution in [-0.4, -0.2) is 29.4 Å². The molecule has 5 nitrogen and oxygen atoms in total. The average Bonchev–Trinajstić information content (AvgIpc) is 3.12. The molecule has 98 valence electrons. The molecule has 1 saturated heterocycles. The summed E-state index contributed by atoms with van der Waals surface area (Å²) in [7, 11) is 0. The first-order valence-electron chi connectivity index (χ1n) is 6.98. The molecule has 5 unspecified atom stereocenters. The quantitative estimate of drug-likeness (QED) is 0.858. The molecule has 3 fully saturated rings. The van der Waals surface area contributed by atoms with Crippen molar-refractivity contribution in [2.24, 2.45) is 17.6 Å². The second-order valence-electron chi connectivity index (χ2n) is 6.08. The lowest BCUT2D eigenvalue weighted by Crippen LogP contribution is -2.27. The second kappa shape index (κ2) is 4.03. The Labute approximate surface area is 106 Å². The maximum Gasteiger partial charge on any atom is 0.233 e. The van der Waals surface area contributed by atoms with E-state index in [-0.39, 0.29) is 12.0 Å². The predicted molar refractivity (Wildman–Crippen MR) is 64.0 cm³/mol. The molecular formula is C13H19N3O2. The zero-order valence-electron chi connectivity index (χ0n) is 10.4. The largest absolute Gasteiger partial charge is 0.379 e. The fourth-order valence-electron chi connectivity index (χ4n) is 3.93. The van der Waals surface area contributed by atoms with Gasteiger partial charge in [0, 0.05) is 12.0 Å². The molecule has 2 N–H and O–H groups in total. The minimum Gasteiger partial charge on any atom is -0.379 e. The van der Waals surface area contributed by atoms with Gasteiger partial charge in [-0.2, -0.15) is 4.98 Å². The van der Waals surface area contributed by atoms with Crippen LogP contribution in [-0.2, 0) is 4.74 Å². The van der Waals surface area contributed by atoms with Crippen LogP contribution in [0.25, 0.3) is 0 Å². The highest BCUT2D eigenvalue weighted by molar-refractivity contribution is 5.09. The zero-order chi connectivity index (χ0) is 12.1. The van der Waals surface area contributed by atoms with Gasteiger partial charge in [-0.1, -0.05) is 11.6 Å². The maximum absolute atomic E-state index is 5.98. The van der Waals surface area contributed by atoms with Gasteiger partial charge in [-0.3, -0.25) is 0 Å². The zero-order valence-corrected chi connectivity index (χ0v) is 10.4. The highest BCUT2D eigenvalue weighted by atomic mass is 16.5. The molecule has 2 heterocycles. The van der Waals surface area contributed by atoms with E-state index in [1.807, 2.05) is 0 Å². The minimum absolute atomic E-state index is 0.00155. The lowest BCUT2D eigenvalue weighted by molar-refractivity contribution is 0.187. The Bertz CT molecular complexity index is 447. The molecule has 18 heavy (non-hydrogen) atoms. The number of nitrogens with zero attached hydrogens (tertiary/aromatic N) is 2. The van der Waals surface area contributed by atoms with Crippen LogP contribution in [0, 0.1) is 11.8 Å². The summed E-state index contributed by atoms with van der Waals surface area (Å²) in [5, 5.41) is 4.20. The lowest BCUT2D eigenvalue weighted by Gasteiger charge is -2.17. The van der Waals surface area contributed by atoms with Gasteiger partial charge < -0.3 is 15.0 Å². The Morgan fingerprint density at radius 3 is 2.72 bits per heavy atom. The van der Waals surface area contributed by atoms with Gasteiger partial charge in [0.1, 0.15) is 0 Å². The molecule has 5 heteroatoms. The molecule has 2 aliphatic carbocycles. The fraction of sp³-hybridized carbons (Fsp3) is 0.846. The van der Waals surface area contributed by atoms with Crippen LogP contribution < -0.4 is 5.73 Å². The van der Waals surface area contributed by atoms with Gasteiger partial charge in [0.15, 0.2) is 5.82 Å². The van der Waals surface area contributed by atoms with Gasteiger partial charge in [0.05, 0.1) is 19.1 Å². The van der Waals surface area contributed by atoms with E-state index in [4.69, 9.17) is 15.0 Å². The van der Waals surface area contributed by atoms with Crippen LogP contribution in [0.1, 0.15) is 49.2 Å². The van der Waals surface area contributed by atoms with Crippen LogP contribution in [0.3, 0.4) is 0 Å². The molecule has 0 spiro atoms. The SMILES string of the molecule is NC1COCC1c1nc(C2CC3CCC2C3)no1. The third kappa shape index (κ3) is 1.61. The molecule has 1 aromatic rings. The van der Waals surface area contributed by atoms with Gasteiger partial charge in [0.2, 0.25) is 5.89 Å². The molecule has 5 atom stereocenters. The number of fused-ring (bicyclic) bond motifs is 2. The summed E-state index contributed by atoms with van der Waals surface area (Å²) < 4.78 is 10.8. The Morgan fingerprint density at radius 2 is 2.06 bits per heavy atom. The number of ether oxygens (including phenoxy) is 1. The van der Waals surface area contributed by atoms with E-state index in [1.54, 1.807) is 0 Å². The van der Waals surface area contributed by atoms with Crippen molar-refractivity contribution in [1.82, 2.24) is 10.1 Å². The third-order valence-electron chi connectivity index (χ3n) is 4.97. The van der Waals surface area contributed by atoms with Crippen molar-refractivity contribution in [3.8, 4) is 0 Å². The summed E-state index contributed by atoms with van der Waals surface area (Å²) in [4.78, 5) is 4.61. The second-order valence-corrected chi connectivity index (χ2v) is 6.08. The Balaban J connectivity index is 1.55. The predicted octanol–water partition coefficient (Wildman–Crippen LogP) is 1.41. The first-order chi connectivity index (χ1) is 8.81. The highest BCUT2D eigenvalue weighted by Gasteiger charge is 2.43. The molecule has 2 saturated carbocycles. The van der Waals surface area contributed by atoms with E-state index in [2.05, 4.69) is 10.1 Å². The van der Waals surface area contributed by atoms with Gasteiger partial charge in [0.25, 0.3) is 0 Å². The molecular weight excluding hydrogens is 230 g/mol. The maximum atomic E-state index is 5.98. The molecule has 1 aromatic heterocycles. The standard InChI is InChI=1S/C13H19N3O2/c14-11-6-17-5-10(11)13-15-12(16-18-13)9-4-7-1-2-8(9)3-7/h7-11H,1-6,14H2. The molecule has 0 amide bonds. The molecule has 2 bridgehead atoms. The van der Waals surface area contributed by atoms with E-state index in [1.165, 1.54) is 25.7 Å². The van der Waals surface area contributed by atoms with Crippen molar-refractivity contribution < 1.29 is 9.26 Å². The Morgan fingerprint density at radius 1 is 1.11 bits per heavy atom. The molecule has 0 radical (unpaired) electrons. The van der Waals surface area contributed by atoms with E-state index in [9.17, 15) is 0 Å². The average molecular weight is 249 g/mol. The number of rotatable bonds is 2. The normalized spacial score (nSPS) is 42.8. The molecule has 3 aliphatic rings. The number of hydrogen-bond donors (Lipinski definition) is 1. The Hall–Kier alpha value is -0.940. The van der Waals surface area contributed by atoms with Gasteiger partial charge in [-0.15, -0.1) is 0 Å². The summed E-state index contributed by atoms with van der Waals surface area (Å²) in [6.07, 6.45) is 5.34. The minimum atomic E-state index is -0.00155. The lowest BCUT2D eigenvalue weighted by atomic mass is 9.88. The van der Waals surface area contributed by atoms with Crippen LogP contribution in [0.5, 0.6) is 0 Å². The summed E-state index contributed by atoms with van der Waals surface area (Å²) in [6, 6.07) is -0.00155. The van der Waals surface area contributed by atoms with Crippen LogP contribution >= 0.6 is 0 Å². The Kier molecular flexibility index (Phi) is 2.45. The third-order valence-corrected chi connectivity index (χ3v) is 4.97. The van der Waals surface area contributed by atoms with Crippen LogP contribution in [0.15, 0.2) is 4.52 Å². The number of aromatic nitrogens is 2. The van der Waals surface area contributed by atoms with Crippen molar-refractivity contribution >= 4 is 0 Å². The van der Waals surface area contributed by atoms with Crippen molar-refractivity contribution in [2.45, 2.75) is 43.6 Å². The van der Waals surface area contributed by atoms with E-state index < -0.39 is 0 Å². The van der Waals surface area contributed by atoms with E-state index in [0.717, 1.165) is 17.7 Å². The molecule has 1 aliphatic heterocycles. The number of hydrogen-bond acceptors (Lipinski definition) is 5. The smallest absolute Gasteiger partial charge is 0.233 e. The van der Waals surface area contributed by atoms with E-state index in [0.29, 0.717) is 25.0 Å². The van der Waals surface area contributed by atoms with Crippen molar-refractivity contribution in [2.75, 3.05) is 13.2 Å². The monoisotopic (exact) mass is 249 g/mol. The summed E-state index contributed by atoms with van der Waals surface area (Å²) in [6.45, 7) is 1.20. The fourth-order valence-corrected chi connectivity index (χ4v) is 3.93. The first kappa shape index (κ1) is 10.9. The topological polar surface area (TPSA) is 74.2 Å². The number of nitrogens with two attached hydrogens (primary N) is 1. The van der Waals surface area contributed by atoms with E-state index >= 15 is 0 Å².